The first-order chi connectivity index (χ1) is 16.4. The number of ether oxygens (including phenoxy) is 1. The Labute approximate surface area is 205 Å². The van der Waals surface area contributed by atoms with Gasteiger partial charge in [-0.3, -0.25) is 4.79 Å². The molecule has 2 saturated heterocycles. The second-order valence-electron chi connectivity index (χ2n) is 8.45. The van der Waals surface area contributed by atoms with Gasteiger partial charge in [-0.2, -0.15) is 0 Å². The van der Waals surface area contributed by atoms with E-state index in [9.17, 15) is 9.18 Å². The number of nitrogens with one attached hydrogen (secondary N) is 2. The third-order valence-corrected chi connectivity index (χ3v) is 7.26. The van der Waals surface area contributed by atoms with E-state index in [1.54, 1.807) is 7.11 Å². The molecule has 1 amide bonds. The van der Waals surface area contributed by atoms with E-state index in [0.717, 1.165) is 24.9 Å². The lowest BCUT2D eigenvalue weighted by molar-refractivity contribution is -0.143. The number of hydrogen-bond donors (Lipinski definition) is 2. The van der Waals surface area contributed by atoms with E-state index in [1.807, 2.05) is 17.0 Å². The molecule has 2 atom stereocenters. The third-order valence-electron chi connectivity index (χ3n) is 6.48. The van der Waals surface area contributed by atoms with Crippen molar-refractivity contribution in [1.82, 2.24) is 14.9 Å². The highest BCUT2D eigenvalue weighted by atomic mass is 35.5. The molecular weight excluding hydrogens is 480 g/mol. The van der Waals surface area contributed by atoms with Gasteiger partial charge in [0.2, 0.25) is 5.91 Å². The number of hydrogen-bond acceptors (Lipinski definition) is 6. The van der Waals surface area contributed by atoms with Crippen molar-refractivity contribution in [3.05, 3.63) is 59.1 Å². The fraction of sp³-hybridized carbons (Fsp3) is 0.292. The maximum absolute atomic E-state index is 14.6. The molecule has 1 aromatic heterocycles. The molecule has 2 aromatic carbocycles. The predicted molar refractivity (Wildman–Crippen MR) is 132 cm³/mol. The van der Waals surface area contributed by atoms with Crippen LogP contribution in [-0.4, -0.2) is 46.0 Å². The molecule has 1 saturated carbocycles. The molecule has 3 aromatic rings. The van der Waals surface area contributed by atoms with Gasteiger partial charge < -0.3 is 20.3 Å². The van der Waals surface area contributed by atoms with Crippen LogP contribution in [0.3, 0.4) is 0 Å². The number of nitrogens with zero attached hydrogens (tertiary/aromatic N) is 3. The fourth-order valence-electron chi connectivity index (χ4n) is 4.89. The van der Waals surface area contributed by atoms with Crippen molar-refractivity contribution in [2.45, 2.75) is 37.4 Å². The minimum Gasteiger partial charge on any atom is -0.495 e. The summed E-state index contributed by atoms with van der Waals surface area (Å²) in [5, 5.41) is 7.22. The first-order valence-electron chi connectivity index (χ1n) is 10.8. The predicted octanol–water partition coefficient (Wildman–Crippen LogP) is 5.56. The Morgan fingerprint density at radius 1 is 1.21 bits per heavy atom. The van der Waals surface area contributed by atoms with Gasteiger partial charge in [0, 0.05) is 29.6 Å². The number of carbonyl (C=O) groups is 1. The van der Waals surface area contributed by atoms with Crippen molar-refractivity contribution in [3.63, 3.8) is 0 Å². The van der Waals surface area contributed by atoms with Gasteiger partial charge in [0.15, 0.2) is 5.82 Å². The normalized spacial score (nSPS) is 21.1. The summed E-state index contributed by atoms with van der Waals surface area (Å²) in [6.07, 6.45) is 5.46. The summed E-state index contributed by atoms with van der Waals surface area (Å²) in [6, 6.07) is 7.33. The highest BCUT2D eigenvalue weighted by Gasteiger charge is 2.47. The summed E-state index contributed by atoms with van der Waals surface area (Å²) in [7, 11) is 1.60. The monoisotopic (exact) mass is 501 g/mol. The summed E-state index contributed by atoms with van der Waals surface area (Å²) < 4.78 is 20.2. The number of anilines is 3. The van der Waals surface area contributed by atoms with Crippen LogP contribution in [0.1, 0.15) is 19.3 Å². The maximum atomic E-state index is 14.6. The van der Waals surface area contributed by atoms with Crippen LogP contribution in [0.25, 0.3) is 10.9 Å². The van der Waals surface area contributed by atoms with Crippen molar-refractivity contribution in [2.24, 2.45) is 0 Å². The number of aromatic nitrogens is 2. The van der Waals surface area contributed by atoms with E-state index in [2.05, 4.69) is 27.2 Å². The molecule has 2 N–H and O–H groups in total. The van der Waals surface area contributed by atoms with E-state index in [1.165, 1.54) is 24.5 Å². The van der Waals surface area contributed by atoms with Crippen molar-refractivity contribution >= 4 is 57.2 Å². The zero-order valence-corrected chi connectivity index (χ0v) is 19.8. The van der Waals surface area contributed by atoms with Crippen molar-refractivity contribution < 1.29 is 13.9 Å². The summed E-state index contributed by atoms with van der Waals surface area (Å²) in [5.41, 5.74) is 1.56. The number of methoxy groups -OCH3 is 1. The van der Waals surface area contributed by atoms with Gasteiger partial charge in [-0.05, 0) is 43.5 Å². The quantitative estimate of drug-likeness (QED) is 0.340. The van der Waals surface area contributed by atoms with Crippen molar-refractivity contribution in [1.29, 1.82) is 0 Å². The van der Waals surface area contributed by atoms with Gasteiger partial charge in [0.25, 0.3) is 0 Å². The number of amides is 1. The van der Waals surface area contributed by atoms with Crippen LogP contribution in [0.4, 0.5) is 21.6 Å². The largest absolute Gasteiger partial charge is 0.495 e. The van der Waals surface area contributed by atoms with E-state index >= 15 is 0 Å². The summed E-state index contributed by atoms with van der Waals surface area (Å²) in [5.74, 6) is 0.386. The number of benzene rings is 2. The molecule has 34 heavy (non-hydrogen) atoms. The van der Waals surface area contributed by atoms with Crippen LogP contribution in [0.15, 0.2) is 43.2 Å². The average molecular weight is 502 g/mol. The Kier molecular flexibility index (Phi) is 5.95. The molecule has 3 heterocycles. The van der Waals surface area contributed by atoms with Crippen molar-refractivity contribution in [3.8, 4) is 5.75 Å². The summed E-state index contributed by atoms with van der Waals surface area (Å²) in [6.45, 7) is 3.60. The number of fused-ring (bicyclic) bond motifs is 3. The molecule has 176 valence electrons. The Balaban J connectivity index is 1.44. The molecule has 2 bridgehead atoms. The highest BCUT2D eigenvalue weighted by molar-refractivity contribution is 6.42. The minimum absolute atomic E-state index is 0.00890. The molecule has 3 fully saturated rings. The number of carbonyl (C=O) groups excluding carboxylic acids is 1. The molecule has 2 unspecified atom stereocenters. The lowest BCUT2D eigenvalue weighted by atomic mass is 9.76. The van der Waals surface area contributed by atoms with Crippen LogP contribution in [0.5, 0.6) is 5.75 Å². The molecule has 3 aliphatic rings. The lowest BCUT2D eigenvalue weighted by Crippen LogP contribution is -2.64. The molecule has 7 nitrogen and oxygen atoms in total. The Morgan fingerprint density at radius 3 is 2.68 bits per heavy atom. The Bertz CT molecular complexity index is 1290. The van der Waals surface area contributed by atoms with Crippen LogP contribution in [0, 0.1) is 5.82 Å². The number of piperidine rings is 1. The zero-order valence-electron chi connectivity index (χ0n) is 18.3. The smallest absolute Gasteiger partial charge is 0.246 e. The van der Waals surface area contributed by atoms with E-state index in [-0.39, 0.29) is 39.8 Å². The Hall–Kier alpha value is -3.10. The molecule has 10 heteroatoms. The lowest BCUT2D eigenvalue weighted by Gasteiger charge is -2.55. The molecular formula is C24H22Cl2FN5O2. The average Bonchev–Trinajstić information content (AvgIpc) is 2.84. The second-order valence-corrected chi connectivity index (χ2v) is 9.23. The first-order valence-corrected chi connectivity index (χ1v) is 11.6. The summed E-state index contributed by atoms with van der Waals surface area (Å²) >= 11 is 11.9. The van der Waals surface area contributed by atoms with Crippen LogP contribution >= 0.6 is 23.2 Å². The SMILES string of the molecule is C=CC(=O)N1C2CC(Nc3cc4c(Nc5ccc(Cl)c(Cl)c5F)ncnc4cc3OC)CC1C2. The molecule has 2 aliphatic heterocycles. The van der Waals surface area contributed by atoms with Gasteiger partial charge in [-0.1, -0.05) is 29.8 Å². The molecule has 0 spiro atoms. The second kappa shape index (κ2) is 8.92. The van der Waals surface area contributed by atoms with Crippen LogP contribution in [-0.2, 0) is 4.79 Å². The number of halogens is 3. The van der Waals surface area contributed by atoms with Crippen LogP contribution < -0.4 is 15.4 Å². The minimum atomic E-state index is -0.659. The topological polar surface area (TPSA) is 79.4 Å². The van der Waals surface area contributed by atoms with E-state index in [0.29, 0.717) is 22.5 Å². The summed E-state index contributed by atoms with van der Waals surface area (Å²) in [4.78, 5) is 22.6. The van der Waals surface area contributed by atoms with Gasteiger partial charge >= 0.3 is 0 Å². The van der Waals surface area contributed by atoms with E-state index in [4.69, 9.17) is 27.9 Å². The van der Waals surface area contributed by atoms with Crippen LogP contribution in [0.2, 0.25) is 10.0 Å². The van der Waals surface area contributed by atoms with Crippen molar-refractivity contribution in [2.75, 3.05) is 17.7 Å². The van der Waals surface area contributed by atoms with Gasteiger partial charge in [-0.25, -0.2) is 14.4 Å². The fourth-order valence-corrected chi connectivity index (χ4v) is 5.20. The van der Waals surface area contributed by atoms with Gasteiger partial charge in [0.05, 0.1) is 34.0 Å². The van der Waals surface area contributed by atoms with Gasteiger partial charge in [0.1, 0.15) is 17.9 Å². The molecule has 6 rings (SSSR count). The van der Waals surface area contributed by atoms with E-state index < -0.39 is 5.82 Å². The Morgan fingerprint density at radius 2 is 1.97 bits per heavy atom. The third kappa shape index (κ3) is 3.91. The first kappa shape index (κ1) is 22.7. The molecule has 1 aliphatic carbocycles. The zero-order chi connectivity index (χ0) is 24.0. The number of rotatable bonds is 6. The van der Waals surface area contributed by atoms with Gasteiger partial charge in [-0.15, -0.1) is 0 Å². The standard InChI is InChI=1S/C24H22Cl2FN5O2/c1-3-21(33)32-13-6-12(7-14(32)8-13)30-19-9-15-18(10-20(19)34-2)28-11-29-24(15)31-17-5-4-16(25)22(26)23(17)27/h3-5,9-14,30H,1,6-8H2,2H3,(H,28,29,31). The molecule has 0 radical (unpaired) electrons. The highest BCUT2D eigenvalue weighted by Crippen LogP contribution is 2.41. The maximum Gasteiger partial charge on any atom is 0.246 e.